The van der Waals surface area contributed by atoms with E-state index in [2.05, 4.69) is 20.8 Å². The molecule has 0 aliphatic carbocycles. The number of carbonyl (C=O) groups is 1. The number of hydrogen-bond donors (Lipinski definition) is 2. The number of nitrogens with one attached hydrogen (secondary N) is 2. The summed E-state index contributed by atoms with van der Waals surface area (Å²) in [7, 11) is 1.62. The summed E-state index contributed by atoms with van der Waals surface area (Å²) in [4.78, 5) is 12.5. The minimum absolute atomic E-state index is 0.0739. The summed E-state index contributed by atoms with van der Waals surface area (Å²) in [5, 5.41) is 14.8. The third-order valence-electron chi connectivity index (χ3n) is 4.28. The number of carbonyl (C=O) groups excluding carboxylic acids is 1. The predicted molar refractivity (Wildman–Crippen MR) is 116 cm³/mol. The molecule has 0 spiro atoms. The first-order valence-corrected chi connectivity index (χ1v) is 10.9. The first-order chi connectivity index (χ1) is 14.6. The van der Waals surface area contributed by atoms with Crippen LogP contribution in [0.5, 0.6) is 17.2 Å². The van der Waals surface area contributed by atoms with Crippen molar-refractivity contribution in [2.24, 2.45) is 0 Å². The molecule has 1 aliphatic rings. The van der Waals surface area contributed by atoms with E-state index < -0.39 is 0 Å². The van der Waals surface area contributed by atoms with Crippen molar-refractivity contribution < 1.29 is 19.0 Å². The number of methoxy groups -OCH3 is 1. The van der Waals surface area contributed by atoms with Gasteiger partial charge < -0.3 is 24.8 Å². The molecule has 1 atom stereocenters. The molecule has 4 rings (SSSR count). The van der Waals surface area contributed by atoms with E-state index in [9.17, 15) is 4.79 Å². The first-order valence-electron chi connectivity index (χ1n) is 9.18. The summed E-state index contributed by atoms with van der Waals surface area (Å²) in [6.07, 6.45) is 0. The lowest BCUT2D eigenvalue weighted by atomic mass is 10.2. The van der Waals surface area contributed by atoms with Crippen LogP contribution in [-0.4, -0.2) is 35.3 Å². The lowest BCUT2D eigenvalue weighted by Crippen LogP contribution is -2.30. The van der Waals surface area contributed by atoms with Gasteiger partial charge >= 0.3 is 0 Å². The van der Waals surface area contributed by atoms with Gasteiger partial charge in [0, 0.05) is 18.3 Å². The van der Waals surface area contributed by atoms with Crippen molar-refractivity contribution in [3.8, 4) is 17.2 Å². The van der Waals surface area contributed by atoms with Crippen LogP contribution in [0.25, 0.3) is 0 Å². The molecule has 0 fully saturated rings. The van der Waals surface area contributed by atoms with Crippen LogP contribution < -0.4 is 24.8 Å². The zero-order chi connectivity index (χ0) is 20.9. The van der Waals surface area contributed by atoms with Crippen LogP contribution in [0.4, 0.5) is 10.8 Å². The molecule has 0 radical (unpaired) electrons. The van der Waals surface area contributed by atoms with Crippen molar-refractivity contribution in [2.45, 2.75) is 23.1 Å². The number of aromatic nitrogens is 2. The molecule has 3 aromatic rings. The molecule has 30 heavy (non-hydrogen) atoms. The van der Waals surface area contributed by atoms with Gasteiger partial charge in [0.15, 0.2) is 15.8 Å². The molecule has 0 bridgehead atoms. The SMILES string of the molecule is COc1cccc(Nc2nnc(SC(C)C(=O)NCc3ccc4c(c3)OCO4)s2)c1. The Labute approximate surface area is 182 Å². The van der Waals surface area contributed by atoms with Crippen molar-refractivity contribution in [3.63, 3.8) is 0 Å². The molecule has 8 nitrogen and oxygen atoms in total. The van der Waals surface area contributed by atoms with E-state index in [1.54, 1.807) is 7.11 Å². The zero-order valence-electron chi connectivity index (χ0n) is 16.4. The number of hydrogen-bond acceptors (Lipinski definition) is 9. The van der Waals surface area contributed by atoms with Gasteiger partial charge in [-0.25, -0.2) is 0 Å². The highest BCUT2D eigenvalue weighted by atomic mass is 32.2. The monoisotopic (exact) mass is 444 g/mol. The van der Waals surface area contributed by atoms with E-state index in [-0.39, 0.29) is 18.0 Å². The molecule has 2 N–H and O–H groups in total. The number of amides is 1. The highest BCUT2D eigenvalue weighted by molar-refractivity contribution is 8.02. The van der Waals surface area contributed by atoms with E-state index in [4.69, 9.17) is 14.2 Å². The van der Waals surface area contributed by atoms with Crippen molar-refractivity contribution >= 4 is 39.8 Å². The molecule has 0 saturated heterocycles. The third kappa shape index (κ3) is 4.95. The van der Waals surface area contributed by atoms with E-state index in [0.29, 0.717) is 21.8 Å². The lowest BCUT2D eigenvalue weighted by molar-refractivity contribution is -0.120. The van der Waals surface area contributed by atoms with Crippen LogP contribution in [0.1, 0.15) is 12.5 Å². The molecule has 2 heterocycles. The molecule has 2 aromatic carbocycles. The Hall–Kier alpha value is -2.98. The van der Waals surface area contributed by atoms with Crippen LogP contribution in [0, 0.1) is 0 Å². The first kappa shape index (κ1) is 20.3. The smallest absolute Gasteiger partial charge is 0.233 e. The van der Waals surface area contributed by atoms with E-state index >= 15 is 0 Å². The van der Waals surface area contributed by atoms with Gasteiger partial charge in [0.1, 0.15) is 5.75 Å². The Kier molecular flexibility index (Phi) is 6.24. The number of ether oxygens (including phenoxy) is 3. The molecule has 1 amide bonds. The fourth-order valence-corrected chi connectivity index (χ4v) is 4.66. The number of anilines is 2. The van der Waals surface area contributed by atoms with Crippen LogP contribution >= 0.6 is 23.1 Å². The van der Waals surface area contributed by atoms with Gasteiger partial charge in [0.05, 0.1) is 12.4 Å². The Balaban J connectivity index is 1.29. The molecule has 1 unspecified atom stereocenters. The van der Waals surface area contributed by atoms with Crippen molar-refractivity contribution in [2.75, 3.05) is 19.2 Å². The maximum absolute atomic E-state index is 12.5. The minimum Gasteiger partial charge on any atom is -0.497 e. The Morgan fingerprint density at radius 2 is 2.10 bits per heavy atom. The molecule has 0 saturated carbocycles. The topological polar surface area (TPSA) is 94.6 Å². The van der Waals surface area contributed by atoms with Crippen LogP contribution in [-0.2, 0) is 11.3 Å². The Morgan fingerprint density at radius 1 is 1.23 bits per heavy atom. The lowest BCUT2D eigenvalue weighted by Gasteiger charge is -2.10. The highest BCUT2D eigenvalue weighted by Crippen LogP contribution is 2.33. The average molecular weight is 445 g/mol. The molecule has 10 heteroatoms. The largest absolute Gasteiger partial charge is 0.497 e. The number of thioether (sulfide) groups is 1. The maximum Gasteiger partial charge on any atom is 0.233 e. The van der Waals surface area contributed by atoms with Crippen molar-refractivity contribution in [1.29, 1.82) is 0 Å². The quantitative estimate of drug-likeness (QED) is 0.507. The standard InChI is InChI=1S/C20H20N4O4S2/c1-12(18(25)21-10-13-6-7-16-17(8-13)28-11-27-16)29-20-24-23-19(30-20)22-14-4-3-5-15(9-14)26-2/h3-9,12H,10-11H2,1-2H3,(H,21,25)(H,22,23). The second-order valence-electron chi connectivity index (χ2n) is 6.40. The van der Waals surface area contributed by atoms with Gasteiger partial charge in [0.2, 0.25) is 17.8 Å². The summed E-state index contributed by atoms with van der Waals surface area (Å²) in [5.41, 5.74) is 1.81. The summed E-state index contributed by atoms with van der Waals surface area (Å²) in [6.45, 7) is 2.49. The summed E-state index contributed by atoms with van der Waals surface area (Å²) < 4.78 is 16.6. The summed E-state index contributed by atoms with van der Waals surface area (Å²) in [6, 6.07) is 13.2. The van der Waals surface area contributed by atoms with Gasteiger partial charge in [-0.05, 0) is 36.8 Å². The Morgan fingerprint density at radius 3 is 2.97 bits per heavy atom. The molecule has 1 aliphatic heterocycles. The van der Waals surface area contributed by atoms with Gasteiger partial charge in [-0.15, -0.1) is 10.2 Å². The van der Waals surface area contributed by atoms with Gasteiger partial charge in [-0.1, -0.05) is 35.2 Å². The fraction of sp³-hybridized carbons (Fsp3) is 0.250. The maximum atomic E-state index is 12.5. The summed E-state index contributed by atoms with van der Waals surface area (Å²) >= 11 is 2.76. The molecule has 156 valence electrons. The van der Waals surface area contributed by atoms with Gasteiger partial charge in [-0.3, -0.25) is 4.79 Å². The second kappa shape index (κ2) is 9.23. The van der Waals surface area contributed by atoms with Crippen LogP contribution in [0.3, 0.4) is 0 Å². The molecule has 1 aromatic heterocycles. The average Bonchev–Trinajstić information content (AvgIpc) is 3.40. The van der Waals surface area contributed by atoms with E-state index in [0.717, 1.165) is 22.7 Å². The number of rotatable bonds is 8. The van der Waals surface area contributed by atoms with Crippen LogP contribution in [0.2, 0.25) is 0 Å². The van der Waals surface area contributed by atoms with E-state index in [1.807, 2.05) is 49.4 Å². The van der Waals surface area contributed by atoms with Crippen molar-refractivity contribution in [1.82, 2.24) is 15.5 Å². The number of fused-ring (bicyclic) bond motifs is 1. The highest BCUT2D eigenvalue weighted by Gasteiger charge is 2.18. The predicted octanol–water partition coefficient (Wildman–Crippen LogP) is 3.82. The molecular weight excluding hydrogens is 424 g/mol. The van der Waals surface area contributed by atoms with Gasteiger partial charge in [-0.2, -0.15) is 0 Å². The van der Waals surface area contributed by atoms with Crippen LogP contribution in [0.15, 0.2) is 46.8 Å². The fourth-order valence-electron chi connectivity index (χ4n) is 2.72. The summed E-state index contributed by atoms with van der Waals surface area (Å²) in [5.74, 6) is 2.11. The minimum atomic E-state index is -0.309. The molecular formula is C20H20N4O4S2. The zero-order valence-corrected chi connectivity index (χ0v) is 18.0. The van der Waals surface area contributed by atoms with Gasteiger partial charge in [0.25, 0.3) is 0 Å². The van der Waals surface area contributed by atoms with E-state index in [1.165, 1.54) is 23.1 Å². The second-order valence-corrected chi connectivity index (χ2v) is 8.96. The normalized spacial score (nSPS) is 13.0. The Bertz CT molecular complexity index is 1040. The van der Waals surface area contributed by atoms with Crippen molar-refractivity contribution in [3.05, 3.63) is 48.0 Å². The number of benzene rings is 2. The number of nitrogens with zero attached hydrogens (tertiary/aromatic N) is 2. The third-order valence-corrected chi connectivity index (χ3v) is 6.30.